The van der Waals surface area contributed by atoms with Crippen LogP contribution in [0.15, 0.2) is 60.2 Å². The van der Waals surface area contributed by atoms with Crippen molar-refractivity contribution in [3.8, 4) is 6.07 Å². The van der Waals surface area contributed by atoms with Crippen LogP contribution in [0, 0.1) is 11.3 Å². The maximum atomic E-state index is 9.27. The van der Waals surface area contributed by atoms with Gasteiger partial charge >= 0.3 is 0 Å². The first-order valence-electron chi connectivity index (χ1n) is 6.13. The molecule has 0 amide bonds. The molecule has 1 atom stereocenters. The number of benzene rings is 2. The van der Waals surface area contributed by atoms with Gasteiger partial charge in [0.2, 0.25) is 0 Å². The van der Waals surface area contributed by atoms with E-state index in [0.29, 0.717) is 0 Å². The minimum atomic E-state index is 0.216. The highest BCUT2D eigenvalue weighted by molar-refractivity contribution is 5.70. The number of rotatable bonds is 2. The van der Waals surface area contributed by atoms with Crippen molar-refractivity contribution in [1.82, 2.24) is 0 Å². The Morgan fingerprint density at radius 1 is 0.944 bits per heavy atom. The molecule has 0 saturated carbocycles. The van der Waals surface area contributed by atoms with E-state index in [4.69, 9.17) is 0 Å². The summed E-state index contributed by atoms with van der Waals surface area (Å²) in [6.07, 6.45) is 2.92. The van der Waals surface area contributed by atoms with Gasteiger partial charge in [0.25, 0.3) is 0 Å². The van der Waals surface area contributed by atoms with Gasteiger partial charge in [0.05, 0.1) is 6.07 Å². The predicted molar refractivity (Wildman–Crippen MR) is 72.9 cm³/mol. The molecular weight excluding hydrogens is 218 g/mol. The molecule has 0 N–H and O–H groups in total. The molecule has 1 heteroatoms. The molecule has 1 nitrogen and oxygen atoms in total. The number of fused-ring (bicyclic) bond motifs is 1. The summed E-state index contributed by atoms with van der Waals surface area (Å²) >= 11 is 0. The fourth-order valence-corrected chi connectivity index (χ4v) is 2.58. The number of nitriles is 1. The number of allylic oxidation sites excluding steroid dienone is 1. The molecule has 1 aliphatic carbocycles. The van der Waals surface area contributed by atoms with Crippen LogP contribution in [0.3, 0.4) is 0 Å². The van der Waals surface area contributed by atoms with Crippen molar-refractivity contribution in [2.24, 2.45) is 0 Å². The van der Waals surface area contributed by atoms with E-state index in [1.54, 1.807) is 0 Å². The molecule has 86 valence electrons. The average Bonchev–Trinajstić information content (AvgIpc) is 2.78. The molecule has 0 radical (unpaired) electrons. The lowest BCUT2D eigenvalue weighted by Crippen LogP contribution is -2.02. The topological polar surface area (TPSA) is 23.8 Å². The van der Waals surface area contributed by atoms with Crippen molar-refractivity contribution >= 4 is 6.08 Å². The number of hydrogen-bond donors (Lipinski definition) is 0. The van der Waals surface area contributed by atoms with Gasteiger partial charge in [-0.15, -0.1) is 0 Å². The van der Waals surface area contributed by atoms with Crippen LogP contribution in [0.25, 0.3) is 6.08 Å². The Morgan fingerprint density at radius 2 is 1.67 bits per heavy atom. The Hall–Kier alpha value is -2.33. The van der Waals surface area contributed by atoms with E-state index >= 15 is 0 Å². The molecule has 2 aromatic rings. The van der Waals surface area contributed by atoms with Gasteiger partial charge in [0.1, 0.15) is 0 Å². The molecular formula is C17H13N. The second-order valence-corrected chi connectivity index (χ2v) is 4.58. The molecule has 0 spiro atoms. The number of hydrogen-bond acceptors (Lipinski definition) is 1. The van der Waals surface area contributed by atoms with E-state index in [1.165, 1.54) is 16.7 Å². The summed E-state index contributed by atoms with van der Waals surface area (Å²) in [5, 5.41) is 9.27. The van der Waals surface area contributed by atoms with Crippen molar-refractivity contribution in [3.05, 3.63) is 76.9 Å². The molecule has 0 heterocycles. The Morgan fingerprint density at radius 3 is 2.44 bits per heavy atom. The molecule has 0 aromatic heterocycles. The van der Waals surface area contributed by atoms with Crippen LogP contribution in [-0.4, -0.2) is 0 Å². The molecule has 0 fully saturated rings. The smallest absolute Gasteiger partial charge is 0.0953 e. The summed E-state index contributed by atoms with van der Waals surface area (Å²) < 4.78 is 0. The minimum absolute atomic E-state index is 0.216. The highest BCUT2D eigenvalue weighted by atomic mass is 14.3. The maximum absolute atomic E-state index is 9.27. The molecule has 1 unspecified atom stereocenters. The Kier molecular flexibility index (Phi) is 2.70. The predicted octanol–water partition coefficient (Wildman–Crippen LogP) is 3.93. The van der Waals surface area contributed by atoms with Gasteiger partial charge in [-0.3, -0.25) is 0 Å². The summed E-state index contributed by atoms with van der Waals surface area (Å²) in [7, 11) is 0. The van der Waals surface area contributed by atoms with Crippen LogP contribution >= 0.6 is 0 Å². The lowest BCUT2D eigenvalue weighted by atomic mass is 9.90. The van der Waals surface area contributed by atoms with E-state index in [2.05, 4.69) is 30.3 Å². The van der Waals surface area contributed by atoms with E-state index in [0.717, 1.165) is 12.0 Å². The third-order valence-electron chi connectivity index (χ3n) is 3.47. The van der Waals surface area contributed by atoms with Crippen molar-refractivity contribution in [2.75, 3.05) is 0 Å². The van der Waals surface area contributed by atoms with Gasteiger partial charge in [0, 0.05) is 11.5 Å². The SMILES string of the molecule is N#CC1=Cc2ccccc2C1Cc1ccccc1. The normalized spacial score (nSPS) is 16.8. The van der Waals surface area contributed by atoms with Crippen LogP contribution in [-0.2, 0) is 6.42 Å². The van der Waals surface area contributed by atoms with Crippen molar-refractivity contribution in [2.45, 2.75) is 12.3 Å². The zero-order chi connectivity index (χ0) is 12.4. The summed E-state index contributed by atoms with van der Waals surface area (Å²) in [6.45, 7) is 0. The first-order valence-corrected chi connectivity index (χ1v) is 6.13. The first-order chi connectivity index (χ1) is 8.88. The van der Waals surface area contributed by atoms with Gasteiger partial charge in [0.15, 0.2) is 0 Å². The van der Waals surface area contributed by atoms with Crippen molar-refractivity contribution in [1.29, 1.82) is 5.26 Å². The van der Waals surface area contributed by atoms with E-state index in [1.807, 2.05) is 36.4 Å². The summed E-state index contributed by atoms with van der Waals surface area (Å²) in [6, 6.07) is 21.0. The van der Waals surface area contributed by atoms with Gasteiger partial charge in [-0.1, -0.05) is 54.6 Å². The lowest BCUT2D eigenvalue weighted by Gasteiger charge is -2.13. The second-order valence-electron chi connectivity index (χ2n) is 4.58. The Bertz CT molecular complexity index is 632. The first kappa shape index (κ1) is 10.8. The standard InChI is InChI=1S/C17H13N/c18-12-15-11-14-8-4-5-9-16(14)17(15)10-13-6-2-1-3-7-13/h1-9,11,17H,10H2. The van der Waals surface area contributed by atoms with Gasteiger partial charge < -0.3 is 0 Å². The fraction of sp³-hybridized carbons (Fsp3) is 0.118. The third-order valence-corrected chi connectivity index (χ3v) is 3.47. The van der Waals surface area contributed by atoms with E-state index in [-0.39, 0.29) is 5.92 Å². The van der Waals surface area contributed by atoms with Crippen LogP contribution in [0.4, 0.5) is 0 Å². The van der Waals surface area contributed by atoms with Gasteiger partial charge in [-0.25, -0.2) is 0 Å². The zero-order valence-electron chi connectivity index (χ0n) is 10.0. The number of nitrogens with zero attached hydrogens (tertiary/aromatic N) is 1. The zero-order valence-corrected chi connectivity index (χ0v) is 10.0. The molecule has 18 heavy (non-hydrogen) atoms. The monoisotopic (exact) mass is 231 g/mol. The average molecular weight is 231 g/mol. The molecule has 3 rings (SSSR count). The molecule has 2 aromatic carbocycles. The third kappa shape index (κ3) is 1.83. The summed E-state index contributed by atoms with van der Waals surface area (Å²) in [5.74, 6) is 0.216. The molecule has 0 saturated heterocycles. The van der Waals surface area contributed by atoms with Crippen molar-refractivity contribution in [3.63, 3.8) is 0 Å². The van der Waals surface area contributed by atoms with Gasteiger partial charge in [-0.05, 0) is 29.2 Å². The quantitative estimate of drug-likeness (QED) is 0.768. The molecule has 0 bridgehead atoms. The van der Waals surface area contributed by atoms with Crippen LogP contribution in [0.1, 0.15) is 22.6 Å². The Labute approximate surface area is 107 Å². The lowest BCUT2D eigenvalue weighted by molar-refractivity contribution is 0.824. The van der Waals surface area contributed by atoms with E-state index < -0.39 is 0 Å². The summed E-state index contributed by atoms with van der Waals surface area (Å²) in [4.78, 5) is 0. The van der Waals surface area contributed by atoms with Gasteiger partial charge in [-0.2, -0.15) is 5.26 Å². The molecule has 0 aliphatic heterocycles. The largest absolute Gasteiger partial charge is 0.193 e. The highest BCUT2D eigenvalue weighted by Gasteiger charge is 2.24. The maximum Gasteiger partial charge on any atom is 0.0953 e. The fourth-order valence-electron chi connectivity index (χ4n) is 2.58. The van der Waals surface area contributed by atoms with Crippen LogP contribution in [0.2, 0.25) is 0 Å². The van der Waals surface area contributed by atoms with Crippen molar-refractivity contribution < 1.29 is 0 Å². The Balaban J connectivity index is 1.97. The van der Waals surface area contributed by atoms with Crippen LogP contribution in [0.5, 0.6) is 0 Å². The summed E-state index contributed by atoms with van der Waals surface area (Å²) in [5.41, 5.74) is 4.62. The highest BCUT2D eigenvalue weighted by Crippen LogP contribution is 2.37. The minimum Gasteiger partial charge on any atom is -0.193 e. The second kappa shape index (κ2) is 4.50. The molecule has 1 aliphatic rings. The van der Waals surface area contributed by atoms with Crippen LogP contribution < -0.4 is 0 Å². The van der Waals surface area contributed by atoms with E-state index in [9.17, 15) is 5.26 Å².